The fourth-order valence-electron chi connectivity index (χ4n) is 3.29. The molecule has 6 amide bonds. The minimum absolute atomic E-state index is 0.236. The van der Waals surface area contributed by atoms with Gasteiger partial charge in [0, 0.05) is 26.6 Å². The predicted molar refractivity (Wildman–Crippen MR) is 140 cm³/mol. The van der Waals surface area contributed by atoms with E-state index < -0.39 is 29.7 Å². The summed E-state index contributed by atoms with van der Waals surface area (Å²) in [6.45, 7) is 0. The summed E-state index contributed by atoms with van der Waals surface area (Å²) < 4.78 is 0.907. The lowest BCUT2D eigenvalue weighted by Crippen LogP contribution is -2.58. The van der Waals surface area contributed by atoms with Gasteiger partial charge in [0.2, 0.25) is 5.91 Å². The smallest absolute Gasteiger partial charge is 0.322 e. The molecule has 1 aliphatic rings. The van der Waals surface area contributed by atoms with Gasteiger partial charge < -0.3 is 5.32 Å². The first-order chi connectivity index (χ1) is 17.3. The number of rotatable bonds is 6. The van der Waals surface area contributed by atoms with Crippen molar-refractivity contribution in [2.24, 2.45) is 11.0 Å². The zero-order valence-corrected chi connectivity index (χ0v) is 20.6. The molecule has 3 aromatic rings. The standard InChI is InChI=1S/C25H18IN5O5/c26-17-8-12-19(13-9-17)31-24(35)20(23(34)29-25(31)36)14-27-30-22(33)16-6-10-18(11-7-16)28-21(32)15-4-2-1-3-5-15/h1-14,20H,(H,28,32)(H,30,33)(H,29,34,36)/b27-14-/t20-/m0/s1. The lowest BCUT2D eigenvalue weighted by molar-refractivity contribution is -0.131. The quantitative estimate of drug-likeness (QED) is 0.174. The molecule has 0 unspecified atom stereocenters. The second-order valence-corrected chi connectivity index (χ2v) is 8.78. The van der Waals surface area contributed by atoms with Gasteiger partial charge in [-0.1, -0.05) is 18.2 Å². The average molecular weight is 595 g/mol. The van der Waals surface area contributed by atoms with E-state index in [4.69, 9.17) is 0 Å². The Morgan fingerprint density at radius 1 is 0.861 bits per heavy atom. The summed E-state index contributed by atoms with van der Waals surface area (Å²) in [5.74, 6) is -3.92. The van der Waals surface area contributed by atoms with Crippen molar-refractivity contribution in [2.45, 2.75) is 0 Å². The van der Waals surface area contributed by atoms with E-state index in [2.05, 4.69) is 43.8 Å². The first kappa shape index (κ1) is 24.7. The third-order valence-corrected chi connectivity index (χ3v) is 5.84. The van der Waals surface area contributed by atoms with Crippen LogP contribution in [0.15, 0.2) is 84.0 Å². The van der Waals surface area contributed by atoms with Crippen LogP contribution in [0.3, 0.4) is 0 Å². The first-order valence-corrected chi connectivity index (χ1v) is 11.7. The highest BCUT2D eigenvalue weighted by atomic mass is 127. The molecule has 1 fully saturated rings. The average Bonchev–Trinajstić information content (AvgIpc) is 2.88. The van der Waals surface area contributed by atoms with Crippen LogP contribution >= 0.6 is 22.6 Å². The van der Waals surface area contributed by atoms with E-state index in [1.807, 2.05) is 6.07 Å². The Bertz CT molecular complexity index is 1360. The van der Waals surface area contributed by atoms with Crippen molar-refractivity contribution >= 4 is 69.8 Å². The van der Waals surface area contributed by atoms with Gasteiger partial charge in [-0.25, -0.2) is 15.1 Å². The molecule has 11 heteroatoms. The number of nitrogens with zero attached hydrogens (tertiary/aromatic N) is 2. The van der Waals surface area contributed by atoms with Crippen LogP contribution < -0.4 is 21.0 Å². The van der Waals surface area contributed by atoms with Gasteiger partial charge in [0.15, 0.2) is 5.92 Å². The number of amides is 6. The maximum Gasteiger partial charge on any atom is 0.335 e. The fraction of sp³-hybridized carbons (Fsp3) is 0.0400. The summed E-state index contributed by atoms with van der Waals surface area (Å²) in [5.41, 5.74) is 3.78. The number of anilines is 2. The summed E-state index contributed by atoms with van der Waals surface area (Å²) >= 11 is 2.09. The Balaban J connectivity index is 1.38. The molecule has 0 spiro atoms. The molecule has 36 heavy (non-hydrogen) atoms. The summed E-state index contributed by atoms with van der Waals surface area (Å²) in [6, 6.07) is 20.5. The van der Waals surface area contributed by atoms with E-state index >= 15 is 0 Å². The molecule has 0 aliphatic carbocycles. The van der Waals surface area contributed by atoms with Crippen LogP contribution in [0, 0.1) is 9.49 Å². The van der Waals surface area contributed by atoms with Crippen LogP contribution in [0.1, 0.15) is 20.7 Å². The maximum absolute atomic E-state index is 12.8. The Kier molecular flexibility index (Phi) is 7.49. The molecule has 3 N–H and O–H groups in total. The van der Waals surface area contributed by atoms with E-state index in [1.165, 1.54) is 12.1 Å². The van der Waals surface area contributed by atoms with Gasteiger partial charge in [-0.2, -0.15) is 5.10 Å². The molecular formula is C25H18IN5O5. The van der Waals surface area contributed by atoms with Gasteiger partial charge in [0.25, 0.3) is 17.7 Å². The minimum Gasteiger partial charge on any atom is -0.322 e. The third-order valence-electron chi connectivity index (χ3n) is 5.12. The van der Waals surface area contributed by atoms with Crippen LogP contribution in [0.5, 0.6) is 0 Å². The Morgan fingerprint density at radius 2 is 1.50 bits per heavy atom. The molecule has 4 rings (SSSR count). The van der Waals surface area contributed by atoms with Gasteiger partial charge >= 0.3 is 6.03 Å². The van der Waals surface area contributed by atoms with Crippen molar-refractivity contribution in [3.63, 3.8) is 0 Å². The number of hydrogen-bond acceptors (Lipinski definition) is 6. The number of barbiturate groups is 1. The number of halogens is 1. The minimum atomic E-state index is -1.40. The van der Waals surface area contributed by atoms with Crippen LogP contribution in [-0.4, -0.2) is 35.9 Å². The SMILES string of the molecule is O=C(N/N=C\[C@H]1C(=O)NC(=O)N(c2ccc(I)cc2)C1=O)c1ccc(NC(=O)c2ccccc2)cc1. The number of imide groups is 2. The van der Waals surface area contributed by atoms with Crippen LogP contribution in [0.2, 0.25) is 0 Å². The normalized spacial score (nSPS) is 15.5. The third kappa shape index (κ3) is 5.63. The fourth-order valence-corrected chi connectivity index (χ4v) is 3.65. The van der Waals surface area contributed by atoms with Gasteiger partial charge in [0.1, 0.15) is 0 Å². The van der Waals surface area contributed by atoms with Crippen molar-refractivity contribution in [3.8, 4) is 0 Å². The summed E-state index contributed by atoms with van der Waals surface area (Å²) in [5, 5.41) is 8.58. The molecule has 1 saturated heterocycles. The second-order valence-electron chi connectivity index (χ2n) is 7.54. The topological polar surface area (TPSA) is 137 Å². The van der Waals surface area contributed by atoms with Gasteiger partial charge in [-0.05, 0) is 83.3 Å². The van der Waals surface area contributed by atoms with Crippen molar-refractivity contribution in [3.05, 3.63) is 93.6 Å². The zero-order valence-electron chi connectivity index (χ0n) is 18.5. The highest BCUT2D eigenvalue weighted by Crippen LogP contribution is 2.21. The molecule has 1 atom stereocenters. The van der Waals surface area contributed by atoms with E-state index in [1.54, 1.807) is 60.7 Å². The van der Waals surface area contributed by atoms with Crippen molar-refractivity contribution in [2.75, 3.05) is 10.2 Å². The highest BCUT2D eigenvalue weighted by molar-refractivity contribution is 14.1. The monoisotopic (exact) mass is 595 g/mol. The molecule has 1 aliphatic heterocycles. The lowest BCUT2D eigenvalue weighted by Gasteiger charge is -2.28. The molecule has 10 nitrogen and oxygen atoms in total. The van der Waals surface area contributed by atoms with Crippen molar-refractivity contribution < 1.29 is 24.0 Å². The number of carbonyl (C=O) groups excluding carboxylic acids is 5. The van der Waals surface area contributed by atoms with E-state index in [9.17, 15) is 24.0 Å². The van der Waals surface area contributed by atoms with E-state index in [-0.39, 0.29) is 11.5 Å². The number of hydrogen-bond donors (Lipinski definition) is 3. The summed E-state index contributed by atoms with van der Waals surface area (Å²) in [7, 11) is 0. The van der Waals surface area contributed by atoms with Crippen LogP contribution in [-0.2, 0) is 9.59 Å². The second kappa shape index (κ2) is 10.9. The molecule has 0 aromatic heterocycles. The number of hydrazone groups is 1. The number of nitrogens with one attached hydrogen (secondary N) is 3. The highest BCUT2D eigenvalue weighted by Gasteiger charge is 2.40. The zero-order chi connectivity index (χ0) is 25.7. The summed E-state index contributed by atoms with van der Waals surface area (Å²) in [6.07, 6.45) is 0.968. The van der Waals surface area contributed by atoms with Gasteiger partial charge in [-0.15, -0.1) is 0 Å². The molecular weight excluding hydrogens is 577 g/mol. The van der Waals surface area contributed by atoms with Crippen LogP contribution in [0.25, 0.3) is 0 Å². The first-order valence-electron chi connectivity index (χ1n) is 10.6. The van der Waals surface area contributed by atoms with Gasteiger partial charge in [-0.3, -0.25) is 24.5 Å². The molecule has 3 aromatic carbocycles. The molecule has 0 bridgehead atoms. The van der Waals surface area contributed by atoms with E-state index in [0.717, 1.165) is 14.7 Å². The molecule has 0 saturated carbocycles. The number of carbonyl (C=O) groups is 5. The predicted octanol–water partition coefficient (Wildman–Crippen LogP) is 3.16. The number of benzene rings is 3. The Hall–Kier alpha value is -4.39. The molecule has 1 heterocycles. The van der Waals surface area contributed by atoms with E-state index in [0.29, 0.717) is 16.9 Å². The number of urea groups is 1. The Morgan fingerprint density at radius 3 is 2.17 bits per heavy atom. The lowest BCUT2D eigenvalue weighted by atomic mass is 10.1. The van der Waals surface area contributed by atoms with Crippen molar-refractivity contribution in [1.82, 2.24) is 10.7 Å². The largest absolute Gasteiger partial charge is 0.335 e. The maximum atomic E-state index is 12.8. The Labute approximate surface area is 218 Å². The molecule has 180 valence electrons. The summed E-state index contributed by atoms with van der Waals surface area (Å²) in [4.78, 5) is 62.7. The van der Waals surface area contributed by atoms with Crippen LogP contribution in [0.4, 0.5) is 16.2 Å². The van der Waals surface area contributed by atoms with Gasteiger partial charge in [0.05, 0.1) is 5.69 Å². The molecule has 0 radical (unpaired) electrons. The van der Waals surface area contributed by atoms with Crippen molar-refractivity contribution in [1.29, 1.82) is 0 Å².